The average molecular weight is 233 g/mol. The van der Waals surface area contributed by atoms with E-state index in [1.807, 2.05) is 11.8 Å². The van der Waals surface area contributed by atoms with Gasteiger partial charge in [0, 0.05) is 17.8 Å². The Bertz CT molecular complexity index is 169. The number of aliphatic hydroxyl groups is 1. The van der Waals surface area contributed by atoms with E-state index in [4.69, 9.17) is 9.84 Å². The van der Waals surface area contributed by atoms with Gasteiger partial charge in [0.2, 0.25) is 0 Å². The van der Waals surface area contributed by atoms with Crippen LogP contribution in [0.4, 0.5) is 0 Å². The highest BCUT2D eigenvalue weighted by Crippen LogP contribution is 2.31. The van der Waals surface area contributed by atoms with Crippen LogP contribution in [0.1, 0.15) is 19.3 Å². The lowest BCUT2D eigenvalue weighted by Crippen LogP contribution is -2.38. The number of thioether (sulfide) groups is 1. The Labute approximate surface area is 97.2 Å². The number of rotatable bonds is 7. The summed E-state index contributed by atoms with van der Waals surface area (Å²) in [5.74, 6) is 0. The van der Waals surface area contributed by atoms with E-state index in [-0.39, 0.29) is 6.61 Å². The Kier molecular flexibility index (Phi) is 6.64. The van der Waals surface area contributed by atoms with Gasteiger partial charge in [0.15, 0.2) is 0 Å². The summed E-state index contributed by atoms with van der Waals surface area (Å²) < 4.78 is 5.28. The molecule has 0 amide bonds. The molecule has 15 heavy (non-hydrogen) atoms. The zero-order valence-electron chi connectivity index (χ0n) is 9.82. The van der Waals surface area contributed by atoms with Crippen LogP contribution < -0.4 is 0 Å². The summed E-state index contributed by atoms with van der Waals surface area (Å²) in [4.78, 5) is 2.41. The smallest absolute Gasteiger partial charge is 0.0698 e. The van der Waals surface area contributed by atoms with E-state index in [9.17, 15) is 0 Å². The third-order valence-electron chi connectivity index (χ3n) is 3.11. The van der Waals surface area contributed by atoms with Gasteiger partial charge in [0.1, 0.15) is 0 Å². The van der Waals surface area contributed by atoms with Crippen molar-refractivity contribution in [3.63, 3.8) is 0 Å². The second-order valence-electron chi connectivity index (χ2n) is 4.09. The zero-order chi connectivity index (χ0) is 11.1. The van der Waals surface area contributed by atoms with Crippen molar-refractivity contribution < 1.29 is 9.84 Å². The van der Waals surface area contributed by atoms with Crippen LogP contribution in [0.25, 0.3) is 0 Å². The highest BCUT2D eigenvalue weighted by Gasteiger charge is 2.29. The Morgan fingerprint density at radius 2 is 2.20 bits per heavy atom. The van der Waals surface area contributed by atoms with E-state index < -0.39 is 0 Å². The van der Waals surface area contributed by atoms with Gasteiger partial charge in [-0.1, -0.05) is 6.42 Å². The first-order valence-corrected chi connectivity index (χ1v) is 7.00. The lowest BCUT2D eigenvalue weighted by Gasteiger charge is -2.28. The van der Waals surface area contributed by atoms with Crippen LogP contribution in [0.5, 0.6) is 0 Å². The van der Waals surface area contributed by atoms with E-state index in [1.165, 1.54) is 19.3 Å². The maximum atomic E-state index is 8.58. The van der Waals surface area contributed by atoms with E-state index >= 15 is 0 Å². The molecule has 0 heterocycles. The Balaban J connectivity index is 2.17. The molecular weight excluding hydrogens is 210 g/mol. The number of ether oxygens (including phenoxy) is 1. The molecule has 0 aromatic heterocycles. The molecule has 1 aliphatic rings. The van der Waals surface area contributed by atoms with Crippen molar-refractivity contribution >= 4 is 11.8 Å². The highest BCUT2D eigenvalue weighted by molar-refractivity contribution is 7.99. The SMILES string of the molecule is CS[C@H]1CCC[C@H]1N(C)CCOCCO. The number of likely N-dealkylation sites (N-methyl/N-ethyl adjacent to an activating group) is 1. The molecule has 1 saturated carbocycles. The topological polar surface area (TPSA) is 32.7 Å². The largest absolute Gasteiger partial charge is 0.394 e. The maximum Gasteiger partial charge on any atom is 0.0698 e. The number of nitrogens with zero attached hydrogens (tertiary/aromatic N) is 1. The monoisotopic (exact) mass is 233 g/mol. The van der Waals surface area contributed by atoms with Crippen molar-refractivity contribution in [3.05, 3.63) is 0 Å². The van der Waals surface area contributed by atoms with Crippen LogP contribution >= 0.6 is 11.8 Å². The summed E-state index contributed by atoms with van der Waals surface area (Å²) >= 11 is 1.99. The van der Waals surface area contributed by atoms with Gasteiger partial charge in [0.05, 0.1) is 19.8 Å². The quantitative estimate of drug-likeness (QED) is 0.670. The summed E-state index contributed by atoms with van der Waals surface area (Å²) in [6.07, 6.45) is 6.24. The molecule has 0 saturated heterocycles. The lowest BCUT2D eigenvalue weighted by atomic mass is 10.2. The number of hydrogen-bond donors (Lipinski definition) is 1. The van der Waals surface area contributed by atoms with Crippen molar-refractivity contribution in [2.45, 2.75) is 30.6 Å². The molecule has 3 nitrogen and oxygen atoms in total. The highest BCUT2D eigenvalue weighted by atomic mass is 32.2. The second kappa shape index (κ2) is 7.49. The van der Waals surface area contributed by atoms with Crippen molar-refractivity contribution in [1.29, 1.82) is 0 Å². The van der Waals surface area contributed by atoms with Gasteiger partial charge in [-0.3, -0.25) is 0 Å². The minimum absolute atomic E-state index is 0.126. The normalized spacial score (nSPS) is 26.4. The molecule has 1 fully saturated rings. The van der Waals surface area contributed by atoms with Crippen LogP contribution in [-0.4, -0.2) is 61.0 Å². The van der Waals surface area contributed by atoms with Crippen LogP contribution in [0.2, 0.25) is 0 Å². The predicted octanol–water partition coefficient (Wildman–Crippen LogP) is 1.21. The van der Waals surface area contributed by atoms with E-state index in [2.05, 4.69) is 18.2 Å². The molecule has 0 unspecified atom stereocenters. The van der Waals surface area contributed by atoms with Crippen LogP contribution in [0.3, 0.4) is 0 Å². The Morgan fingerprint density at radius 3 is 2.87 bits per heavy atom. The van der Waals surface area contributed by atoms with Crippen LogP contribution in [0.15, 0.2) is 0 Å². The molecule has 0 aliphatic heterocycles. The molecule has 0 aromatic carbocycles. The average Bonchev–Trinajstić information content (AvgIpc) is 2.72. The van der Waals surface area contributed by atoms with Gasteiger partial charge >= 0.3 is 0 Å². The summed E-state index contributed by atoms with van der Waals surface area (Å²) in [7, 11) is 2.18. The van der Waals surface area contributed by atoms with E-state index in [0.717, 1.165) is 24.4 Å². The standard InChI is InChI=1S/C11H23NO2S/c1-12(6-8-14-9-7-13)10-4-3-5-11(10)15-2/h10-11,13H,3-9H2,1-2H3/t10-,11+/m1/s1. The van der Waals surface area contributed by atoms with Crippen molar-refractivity contribution in [2.24, 2.45) is 0 Å². The third kappa shape index (κ3) is 4.31. The van der Waals surface area contributed by atoms with Crippen LogP contribution in [-0.2, 0) is 4.74 Å². The molecule has 90 valence electrons. The molecule has 0 aromatic rings. The van der Waals surface area contributed by atoms with Gasteiger partial charge in [-0.15, -0.1) is 0 Å². The van der Waals surface area contributed by atoms with Gasteiger partial charge in [-0.05, 0) is 26.1 Å². The summed E-state index contributed by atoms with van der Waals surface area (Å²) in [5.41, 5.74) is 0. The molecule has 1 rings (SSSR count). The Morgan fingerprint density at radius 1 is 1.40 bits per heavy atom. The van der Waals surface area contributed by atoms with Crippen molar-refractivity contribution in [3.8, 4) is 0 Å². The van der Waals surface area contributed by atoms with Crippen molar-refractivity contribution in [1.82, 2.24) is 4.90 Å². The molecule has 2 atom stereocenters. The minimum Gasteiger partial charge on any atom is -0.394 e. The molecule has 0 radical (unpaired) electrons. The summed E-state index contributed by atoms with van der Waals surface area (Å²) in [5, 5.41) is 9.38. The first-order chi connectivity index (χ1) is 7.29. The van der Waals surface area contributed by atoms with Crippen molar-refractivity contribution in [2.75, 3.05) is 39.7 Å². The fourth-order valence-electron chi connectivity index (χ4n) is 2.23. The summed E-state index contributed by atoms with van der Waals surface area (Å²) in [6, 6.07) is 0.720. The predicted molar refractivity (Wildman–Crippen MR) is 65.5 cm³/mol. The maximum absolute atomic E-state index is 8.58. The Hall–Kier alpha value is 0.230. The van der Waals surface area contributed by atoms with Gasteiger partial charge in [-0.2, -0.15) is 11.8 Å². The molecule has 4 heteroatoms. The minimum atomic E-state index is 0.126. The molecule has 1 N–H and O–H groups in total. The number of hydrogen-bond acceptors (Lipinski definition) is 4. The molecule has 1 aliphatic carbocycles. The van der Waals surface area contributed by atoms with Gasteiger partial charge < -0.3 is 14.7 Å². The van der Waals surface area contributed by atoms with Crippen LogP contribution in [0, 0.1) is 0 Å². The molecular formula is C11H23NO2S. The number of aliphatic hydroxyl groups excluding tert-OH is 1. The van der Waals surface area contributed by atoms with E-state index in [0.29, 0.717) is 6.61 Å². The first kappa shape index (κ1) is 13.3. The fraction of sp³-hybridized carbons (Fsp3) is 1.00. The lowest BCUT2D eigenvalue weighted by molar-refractivity contribution is 0.0714. The third-order valence-corrected chi connectivity index (χ3v) is 4.27. The zero-order valence-corrected chi connectivity index (χ0v) is 10.6. The van der Waals surface area contributed by atoms with E-state index in [1.54, 1.807) is 0 Å². The van der Waals surface area contributed by atoms with Gasteiger partial charge in [0.25, 0.3) is 0 Å². The molecule has 0 bridgehead atoms. The second-order valence-corrected chi connectivity index (χ2v) is 5.17. The summed E-state index contributed by atoms with van der Waals surface area (Å²) in [6.45, 7) is 2.29. The first-order valence-electron chi connectivity index (χ1n) is 5.71. The molecule has 0 spiro atoms. The fourth-order valence-corrected chi connectivity index (χ4v) is 3.29. The van der Waals surface area contributed by atoms with Gasteiger partial charge in [-0.25, -0.2) is 0 Å².